The number of aromatic nitrogens is 3. The number of amides is 1. The zero-order chi connectivity index (χ0) is 16.2. The summed E-state index contributed by atoms with van der Waals surface area (Å²) in [6.45, 7) is 3.85. The lowest BCUT2D eigenvalue weighted by Gasteiger charge is -2.23. The van der Waals surface area contributed by atoms with E-state index >= 15 is 0 Å². The molecule has 1 aliphatic heterocycles. The molecule has 24 heavy (non-hydrogen) atoms. The lowest BCUT2D eigenvalue weighted by Crippen LogP contribution is -2.43. The summed E-state index contributed by atoms with van der Waals surface area (Å²) in [5, 5.41) is 15.2. The number of carbonyl (C=O) groups excluding carboxylic acids is 1. The molecule has 0 saturated carbocycles. The Morgan fingerprint density at radius 1 is 1.42 bits per heavy atom. The minimum Gasteiger partial charge on any atom is -0.348 e. The van der Waals surface area contributed by atoms with Crippen molar-refractivity contribution in [2.75, 3.05) is 13.1 Å². The summed E-state index contributed by atoms with van der Waals surface area (Å²) in [4.78, 5) is 12.5. The van der Waals surface area contributed by atoms with Gasteiger partial charge >= 0.3 is 0 Å². The van der Waals surface area contributed by atoms with E-state index in [0.29, 0.717) is 17.1 Å². The molecule has 8 heteroatoms. The van der Waals surface area contributed by atoms with Gasteiger partial charge in [0, 0.05) is 11.1 Å². The van der Waals surface area contributed by atoms with Crippen LogP contribution in [0.2, 0.25) is 5.02 Å². The normalized spacial score (nSPS) is 14.9. The molecule has 0 unspecified atom stereocenters. The van der Waals surface area contributed by atoms with Gasteiger partial charge in [-0.1, -0.05) is 29.8 Å². The minimum atomic E-state index is -0.151. The molecule has 1 saturated heterocycles. The monoisotopic (exact) mass is 369 g/mol. The highest BCUT2D eigenvalue weighted by atomic mass is 35.5. The van der Waals surface area contributed by atoms with Gasteiger partial charge in [-0.15, -0.1) is 17.5 Å². The molecule has 0 bridgehead atoms. The van der Waals surface area contributed by atoms with Gasteiger partial charge in [0.2, 0.25) is 0 Å². The molecule has 1 fully saturated rings. The van der Waals surface area contributed by atoms with E-state index in [4.69, 9.17) is 11.6 Å². The van der Waals surface area contributed by atoms with E-state index in [9.17, 15) is 4.79 Å². The number of piperidine rings is 1. The molecule has 3 rings (SSSR count). The average Bonchev–Trinajstić information content (AvgIpc) is 3.00. The maximum absolute atomic E-state index is 12.5. The highest BCUT2D eigenvalue weighted by molar-refractivity contribution is 6.30. The summed E-state index contributed by atoms with van der Waals surface area (Å²) >= 11 is 6.04. The van der Waals surface area contributed by atoms with E-state index < -0.39 is 0 Å². The molecular weight excluding hydrogens is 349 g/mol. The first kappa shape index (κ1) is 18.7. The fourth-order valence-corrected chi connectivity index (χ4v) is 3.02. The lowest BCUT2D eigenvalue weighted by atomic mass is 10.1. The molecule has 2 N–H and O–H groups in total. The first-order chi connectivity index (χ1) is 11.2. The highest BCUT2D eigenvalue weighted by Gasteiger charge is 2.22. The topological polar surface area (TPSA) is 71.8 Å². The van der Waals surface area contributed by atoms with Crippen molar-refractivity contribution in [1.29, 1.82) is 0 Å². The van der Waals surface area contributed by atoms with Crippen LogP contribution in [0.15, 0.2) is 24.3 Å². The molecule has 1 amide bonds. The van der Waals surface area contributed by atoms with Gasteiger partial charge in [-0.25, -0.2) is 4.68 Å². The molecule has 130 valence electrons. The number of nitrogens with one attached hydrogen (secondary N) is 2. The molecule has 1 aromatic heterocycles. The lowest BCUT2D eigenvalue weighted by molar-refractivity contribution is 0.0923. The van der Waals surface area contributed by atoms with Crippen LogP contribution in [0, 0.1) is 0 Å². The second-order valence-electron chi connectivity index (χ2n) is 5.63. The molecule has 6 nitrogen and oxygen atoms in total. The van der Waals surface area contributed by atoms with Gasteiger partial charge in [-0.2, -0.15) is 0 Å². The number of carbonyl (C=O) groups is 1. The number of hydrogen-bond acceptors (Lipinski definition) is 4. The maximum atomic E-state index is 12.5. The van der Waals surface area contributed by atoms with Crippen molar-refractivity contribution in [2.45, 2.75) is 32.2 Å². The van der Waals surface area contributed by atoms with Gasteiger partial charge < -0.3 is 10.6 Å². The number of hydrogen-bond donors (Lipinski definition) is 2. The fourth-order valence-electron chi connectivity index (χ4n) is 2.83. The van der Waals surface area contributed by atoms with Crippen LogP contribution in [-0.4, -0.2) is 40.0 Å². The Labute approximate surface area is 152 Å². The highest BCUT2D eigenvalue weighted by Crippen LogP contribution is 2.18. The molecule has 1 aliphatic rings. The Hall–Kier alpha value is -1.63. The largest absolute Gasteiger partial charge is 0.348 e. The first-order valence-corrected chi connectivity index (χ1v) is 8.29. The van der Waals surface area contributed by atoms with E-state index in [1.165, 1.54) is 0 Å². The van der Waals surface area contributed by atoms with Crippen molar-refractivity contribution >= 4 is 29.9 Å². The van der Waals surface area contributed by atoms with E-state index in [1.807, 2.05) is 25.1 Å². The van der Waals surface area contributed by atoms with Crippen LogP contribution in [0.3, 0.4) is 0 Å². The van der Waals surface area contributed by atoms with Crippen molar-refractivity contribution < 1.29 is 4.79 Å². The van der Waals surface area contributed by atoms with E-state index in [0.717, 1.165) is 37.3 Å². The van der Waals surface area contributed by atoms with Crippen LogP contribution < -0.4 is 10.6 Å². The van der Waals surface area contributed by atoms with Gasteiger partial charge in [0.05, 0.1) is 11.4 Å². The summed E-state index contributed by atoms with van der Waals surface area (Å²) in [7, 11) is 0. The Kier molecular flexibility index (Phi) is 6.60. The number of halogens is 2. The van der Waals surface area contributed by atoms with Crippen molar-refractivity contribution in [1.82, 2.24) is 25.6 Å². The van der Waals surface area contributed by atoms with Crippen molar-refractivity contribution in [3.8, 4) is 5.69 Å². The Morgan fingerprint density at radius 3 is 2.83 bits per heavy atom. The SMILES string of the molecule is CCc1c(C(=O)NC2CCNCC2)nnn1-c1cccc(Cl)c1.Cl. The third-order valence-electron chi connectivity index (χ3n) is 4.04. The number of nitrogens with zero attached hydrogens (tertiary/aromatic N) is 3. The summed E-state index contributed by atoms with van der Waals surface area (Å²) in [5.74, 6) is -0.151. The Morgan fingerprint density at radius 2 is 2.17 bits per heavy atom. The van der Waals surface area contributed by atoms with Crippen LogP contribution in [0.4, 0.5) is 0 Å². The summed E-state index contributed by atoms with van der Waals surface area (Å²) in [6.07, 6.45) is 2.54. The van der Waals surface area contributed by atoms with Gasteiger partial charge in [-0.05, 0) is 50.6 Å². The predicted molar refractivity (Wildman–Crippen MR) is 96.4 cm³/mol. The second-order valence-corrected chi connectivity index (χ2v) is 6.06. The number of benzene rings is 1. The van der Waals surface area contributed by atoms with Crippen LogP contribution >= 0.6 is 24.0 Å². The van der Waals surface area contributed by atoms with Crippen LogP contribution in [0.1, 0.15) is 35.9 Å². The maximum Gasteiger partial charge on any atom is 0.273 e. The molecule has 2 aromatic rings. The average molecular weight is 370 g/mol. The quantitative estimate of drug-likeness (QED) is 0.867. The zero-order valence-corrected chi connectivity index (χ0v) is 15.0. The standard InChI is InChI=1S/C16H20ClN5O.ClH/c1-2-14-15(16(23)19-12-6-8-18-9-7-12)20-21-22(14)13-5-3-4-11(17)10-13;/h3-5,10,12,18H,2,6-9H2,1H3,(H,19,23);1H. The third-order valence-corrected chi connectivity index (χ3v) is 4.28. The van der Waals surface area contributed by atoms with Crippen molar-refractivity contribution in [3.05, 3.63) is 40.7 Å². The molecular formula is C16H21Cl2N5O. The molecule has 0 aliphatic carbocycles. The van der Waals surface area contributed by atoms with Gasteiger partial charge in [0.15, 0.2) is 5.69 Å². The summed E-state index contributed by atoms with van der Waals surface area (Å²) in [6, 6.07) is 7.56. The van der Waals surface area contributed by atoms with Crippen LogP contribution in [0.5, 0.6) is 0 Å². The Balaban J connectivity index is 0.00000208. The van der Waals surface area contributed by atoms with E-state index in [2.05, 4.69) is 20.9 Å². The van der Waals surface area contributed by atoms with Crippen molar-refractivity contribution in [2.24, 2.45) is 0 Å². The second kappa shape index (κ2) is 8.46. The van der Waals surface area contributed by atoms with Gasteiger partial charge in [-0.3, -0.25) is 4.79 Å². The third kappa shape index (κ3) is 4.06. The Bertz CT molecular complexity index is 698. The first-order valence-electron chi connectivity index (χ1n) is 7.91. The minimum absolute atomic E-state index is 0. The summed E-state index contributed by atoms with van der Waals surface area (Å²) in [5.41, 5.74) is 1.99. The van der Waals surface area contributed by atoms with Crippen molar-refractivity contribution in [3.63, 3.8) is 0 Å². The predicted octanol–water partition coefficient (Wildman–Crippen LogP) is 2.39. The molecule has 0 radical (unpaired) electrons. The summed E-state index contributed by atoms with van der Waals surface area (Å²) < 4.78 is 1.68. The van der Waals surface area contributed by atoms with Gasteiger partial charge in [0.25, 0.3) is 5.91 Å². The van der Waals surface area contributed by atoms with Crippen LogP contribution in [-0.2, 0) is 6.42 Å². The smallest absolute Gasteiger partial charge is 0.273 e. The molecule has 0 spiro atoms. The molecule has 1 aromatic carbocycles. The van der Waals surface area contributed by atoms with Crippen LogP contribution in [0.25, 0.3) is 5.69 Å². The van der Waals surface area contributed by atoms with E-state index in [-0.39, 0.29) is 24.4 Å². The zero-order valence-electron chi connectivity index (χ0n) is 13.5. The fraction of sp³-hybridized carbons (Fsp3) is 0.438. The van der Waals surface area contributed by atoms with E-state index in [1.54, 1.807) is 10.7 Å². The molecule has 2 heterocycles. The molecule has 0 atom stereocenters. The van der Waals surface area contributed by atoms with Gasteiger partial charge in [0.1, 0.15) is 0 Å². The number of rotatable bonds is 4.